The van der Waals surface area contributed by atoms with Gasteiger partial charge in [-0.3, -0.25) is 4.98 Å². The van der Waals surface area contributed by atoms with Gasteiger partial charge < -0.3 is 14.7 Å². The van der Waals surface area contributed by atoms with E-state index in [0.29, 0.717) is 12.2 Å². The number of carbonyl (C=O) groups excluding carboxylic acids is 1. The quantitative estimate of drug-likeness (QED) is 0.836. The number of ether oxygens (including phenoxy) is 1. The number of fused-ring (bicyclic) bond motifs is 1. The van der Waals surface area contributed by atoms with Crippen molar-refractivity contribution in [3.05, 3.63) is 29.1 Å². The van der Waals surface area contributed by atoms with E-state index in [4.69, 9.17) is 4.74 Å². The third kappa shape index (κ3) is 2.99. The summed E-state index contributed by atoms with van der Waals surface area (Å²) in [5.74, 6) is -0.258. The summed E-state index contributed by atoms with van der Waals surface area (Å²) in [6.45, 7) is 3.33. The molecule has 0 saturated carbocycles. The molecule has 0 amide bonds. The highest BCUT2D eigenvalue weighted by atomic mass is 16.5. The molecule has 0 aromatic carbocycles. The third-order valence-electron chi connectivity index (χ3n) is 4.06. The van der Waals surface area contributed by atoms with E-state index in [9.17, 15) is 9.90 Å². The summed E-state index contributed by atoms with van der Waals surface area (Å²) < 4.78 is 4.95. The Hall–Kier alpha value is -1.46. The van der Waals surface area contributed by atoms with E-state index >= 15 is 0 Å². The second kappa shape index (κ2) is 5.89. The lowest BCUT2D eigenvalue weighted by atomic mass is 10.1. The van der Waals surface area contributed by atoms with Crippen LogP contribution in [0.5, 0.6) is 0 Å². The number of likely N-dealkylation sites (tertiary alicyclic amines) is 1. The molecule has 0 bridgehead atoms. The summed E-state index contributed by atoms with van der Waals surface area (Å²) in [4.78, 5) is 18.2. The fourth-order valence-corrected chi connectivity index (χ4v) is 2.82. The second-order valence-corrected chi connectivity index (χ2v) is 5.55. The standard InChI is InChI=1S/C15H20N2O3/c18-12-5-8-17(9-6-12)7-1-2-11-3-4-13-14(16-11)10-20-15(13)19/h3-4,12,18H,1-2,5-10H2. The first-order valence-corrected chi connectivity index (χ1v) is 7.29. The molecule has 1 aromatic heterocycles. The number of aryl methyl sites for hydroxylation is 1. The number of nitrogens with zero attached hydrogens (tertiary/aromatic N) is 2. The molecule has 20 heavy (non-hydrogen) atoms. The summed E-state index contributed by atoms with van der Waals surface area (Å²) in [5.41, 5.74) is 2.41. The Balaban J connectivity index is 1.48. The smallest absolute Gasteiger partial charge is 0.340 e. The van der Waals surface area contributed by atoms with E-state index in [0.717, 1.165) is 56.7 Å². The van der Waals surface area contributed by atoms with Gasteiger partial charge >= 0.3 is 5.97 Å². The van der Waals surface area contributed by atoms with Gasteiger partial charge in [0.05, 0.1) is 17.4 Å². The van der Waals surface area contributed by atoms with Gasteiger partial charge in [0.15, 0.2) is 0 Å². The SMILES string of the molecule is O=C1OCc2nc(CCCN3CCC(O)CC3)ccc21. The Morgan fingerprint density at radius 1 is 1.35 bits per heavy atom. The number of piperidine rings is 1. The van der Waals surface area contributed by atoms with E-state index < -0.39 is 0 Å². The van der Waals surface area contributed by atoms with Crippen LogP contribution in [-0.4, -0.2) is 46.7 Å². The molecule has 5 heteroatoms. The molecule has 0 unspecified atom stereocenters. The molecular formula is C15H20N2O3. The lowest BCUT2D eigenvalue weighted by Crippen LogP contribution is -2.36. The second-order valence-electron chi connectivity index (χ2n) is 5.55. The number of hydrogen-bond donors (Lipinski definition) is 1. The molecule has 108 valence electrons. The number of carbonyl (C=O) groups is 1. The van der Waals surface area contributed by atoms with Crippen molar-refractivity contribution >= 4 is 5.97 Å². The topological polar surface area (TPSA) is 62.7 Å². The monoisotopic (exact) mass is 276 g/mol. The van der Waals surface area contributed by atoms with E-state index in [1.807, 2.05) is 12.1 Å². The molecule has 2 aliphatic rings. The van der Waals surface area contributed by atoms with Crippen LogP contribution in [0.1, 0.15) is 41.0 Å². The lowest BCUT2D eigenvalue weighted by molar-refractivity contribution is 0.0533. The van der Waals surface area contributed by atoms with Gasteiger partial charge in [-0.15, -0.1) is 0 Å². The summed E-state index contributed by atoms with van der Waals surface area (Å²) in [6, 6.07) is 3.75. The lowest BCUT2D eigenvalue weighted by Gasteiger charge is -2.29. The van der Waals surface area contributed by atoms with Gasteiger partial charge in [-0.2, -0.15) is 0 Å². The molecular weight excluding hydrogens is 256 g/mol. The minimum Gasteiger partial charge on any atom is -0.456 e. The zero-order chi connectivity index (χ0) is 13.9. The highest BCUT2D eigenvalue weighted by Gasteiger charge is 2.22. The van der Waals surface area contributed by atoms with Crippen molar-refractivity contribution in [2.75, 3.05) is 19.6 Å². The third-order valence-corrected chi connectivity index (χ3v) is 4.06. The molecule has 2 aliphatic heterocycles. The predicted molar refractivity (Wildman–Crippen MR) is 73.4 cm³/mol. The van der Waals surface area contributed by atoms with Crippen molar-refractivity contribution in [3.8, 4) is 0 Å². The summed E-state index contributed by atoms with van der Waals surface area (Å²) in [6.07, 6.45) is 3.63. The molecule has 3 rings (SSSR count). The van der Waals surface area contributed by atoms with E-state index in [1.165, 1.54) is 0 Å². The van der Waals surface area contributed by atoms with Crippen molar-refractivity contribution in [2.45, 2.75) is 38.4 Å². The van der Waals surface area contributed by atoms with Crippen molar-refractivity contribution in [2.24, 2.45) is 0 Å². The Morgan fingerprint density at radius 2 is 2.15 bits per heavy atom. The Bertz CT molecular complexity index is 496. The molecule has 5 nitrogen and oxygen atoms in total. The minimum absolute atomic E-state index is 0.109. The van der Waals surface area contributed by atoms with Gasteiger partial charge in [0, 0.05) is 18.8 Å². The van der Waals surface area contributed by atoms with E-state index in [1.54, 1.807) is 0 Å². The number of esters is 1. The molecule has 3 heterocycles. The van der Waals surface area contributed by atoms with Gasteiger partial charge in [0.2, 0.25) is 0 Å². The molecule has 0 radical (unpaired) electrons. The molecule has 1 fully saturated rings. The molecule has 1 saturated heterocycles. The number of cyclic esters (lactones) is 1. The van der Waals surface area contributed by atoms with Gasteiger partial charge in [-0.1, -0.05) is 0 Å². The average molecular weight is 276 g/mol. The number of hydrogen-bond acceptors (Lipinski definition) is 5. The van der Waals surface area contributed by atoms with Crippen LogP contribution < -0.4 is 0 Å². The van der Waals surface area contributed by atoms with Crippen molar-refractivity contribution in [1.29, 1.82) is 0 Å². The first-order valence-electron chi connectivity index (χ1n) is 7.29. The van der Waals surface area contributed by atoms with Crippen LogP contribution in [0.3, 0.4) is 0 Å². The van der Waals surface area contributed by atoms with Crippen LogP contribution >= 0.6 is 0 Å². The Morgan fingerprint density at radius 3 is 2.95 bits per heavy atom. The molecule has 1 aromatic rings. The maximum Gasteiger partial charge on any atom is 0.340 e. The normalized spacial score (nSPS) is 19.9. The predicted octanol–water partition coefficient (Wildman–Crippen LogP) is 1.14. The summed E-state index contributed by atoms with van der Waals surface area (Å²) in [7, 11) is 0. The first kappa shape index (κ1) is 13.5. The van der Waals surface area contributed by atoms with Gasteiger partial charge in [0.1, 0.15) is 6.61 Å². The van der Waals surface area contributed by atoms with Crippen LogP contribution in [0.4, 0.5) is 0 Å². The fourth-order valence-electron chi connectivity index (χ4n) is 2.82. The number of pyridine rings is 1. The van der Waals surface area contributed by atoms with E-state index in [2.05, 4.69) is 9.88 Å². The van der Waals surface area contributed by atoms with Gasteiger partial charge in [-0.05, 0) is 44.4 Å². The van der Waals surface area contributed by atoms with Crippen LogP contribution in [0.15, 0.2) is 12.1 Å². The molecule has 0 aliphatic carbocycles. The van der Waals surface area contributed by atoms with Crippen molar-refractivity contribution in [1.82, 2.24) is 9.88 Å². The van der Waals surface area contributed by atoms with Gasteiger partial charge in [-0.25, -0.2) is 4.79 Å². The number of aliphatic hydroxyl groups excluding tert-OH is 1. The Kier molecular flexibility index (Phi) is 3.98. The molecule has 0 spiro atoms. The minimum atomic E-state index is -0.258. The summed E-state index contributed by atoms with van der Waals surface area (Å²) in [5, 5.41) is 9.47. The number of rotatable bonds is 4. The summed E-state index contributed by atoms with van der Waals surface area (Å²) >= 11 is 0. The Labute approximate surface area is 118 Å². The fraction of sp³-hybridized carbons (Fsp3) is 0.600. The average Bonchev–Trinajstić information content (AvgIpc) is 2.82. The zero-order valence-electron chi connectivity index (χ0n) is 11.5. The number of aliphatic hydroxyl groups is 1. The maximum absolute atomic E-state index is 11.3. The zero-order valence-corrected chi connectivity index (χ0v) is 11.5. The maximum atomic E-state index is 11.3. The van der Waals surface area contributed by atoms with Crippen LogP contribution in [-0.2, 0) is 17.8 Å². The molecule has 0 atom stereocenters. The van der Waals surface area contributed by atoms with Crippen molar-refractivity contribution < 1.29 is 14.6 Å². The van der Waals surface area contributed by atoms with Crippen LogP contribution in [0.2, 0.25) is 0 Å². The highest BCUT2D eigenvalue weighted by molar-refractivity contribution is 5.92. The van der Waals surface area contributed by atoms with Crippen LogP contribution in [0.25, 0.3) is 0 Å². The highest BCUT2D eigenvalue weighted by Crippen LogP contribution is 2.18. The van der Waals surface area contributed by atoms with E-state index in [-0.39, 0.29) is 12.1 Å². The van der Waals surface area contributed by atoms with Gasteiger partial charge in [0.25, 0.3) is 0 Å². The van der Waals surface area contributed by atoms with Crippen molar-refractivity contribution in [3.63, 3.8) is 0 Å². The number of aromatic nitrogens is 1. The largest absolute Gasteiger partial charge is 0.456 e. The van der Waals surface area contributed by atoms with Crippen LogP contribution in [0, 0.1) is 0 Å². The first-order chi connectivity index (χ1) is 9.72. The molecule has 1 N–H and O–H groups in total.